The Morgan fingerprint density at radius 1 is 1.26 bits per heavy atom. The summed E-state index contributed by atoms with van der Waals surface area (Å²) in [4.78, 5) is 0. The molecule has 0 radical (unpaired) electrons. The van der Waals surface area contributed by atoms with Crippen LogP contribution in [0.3, 0.4) is 0 Å². The van der Waals surface area contributed by atoms with Gasteiger partial charge < -0.3 is 15.3 Å². The molecule has 1 saturated carbocycles. The number of hydrogen-bond acceptors (Lipinski definition) is 3. The molecule has 0 aromatic carbocycles. The Bertz CT molecular complexity index is 474. The van der Waals surface area contributed by atoms with E-state index in [9.17, 15) is 15.3 Å². The summed E-state index contributed by atoms with van der Waals surface area (Å²) in [5.41, 5.74) is 0.136. The van der Waals surface area contributed by atoms with Gasteiger partial charge in [0.15, 0.2) is 0 Å². The van der Waals surface area contributed by atoms with E-state index in [4.69, 9.17) is 0 Å². The predicted octanol–water partition coefficient (Wildman–Crippen LogP) is 3.44. The van der Waals surface area contributed by atoms with Crippen molar-refractivity contribution in [1.29, 1.82) is 0 Å². The molecule has 0 spiro atoms. The molecule has 0 aromatic heterocycles. The molecule has 2 aliphatic rings. The summed E-state index contributed by atoms with van der Waals surface area (Å²) in [6.45, 7) is 10.0. The molecule has 2 rings (SSSR count). The molecule has 3 heteroatoms. The van der Waals surface area contributed by atoms with E-state index in [-0.39, 0.29) is 17.3 Å². The monoisotopic (exact) mass is 322 g/mol. The molecule has 0 bridgehead atoms. The fourth-order valence-electron chi connectivity index (χ4n) is 4.73. The number of rotatable bonds is 1. The third-order valence-electron chi connectivity index (χ3n) is 5.94. The average molecular weight is 322 g/mol. The Morgan fingerprint density at radius 2 is 1.91 bits per heavy atom. The lowest BCUT2D eigenvalue weighted by molar-refractivity contribution is -0.0509. The SMILES string of the molecule is C/C1=C\C(O)C[C@@H](C)/C=C/[C@@]2(C)CC[C@@H](C(C)(C)O)C2[C@@H](O)C1. The molecule has 0 amide bonds. The fourth-order valence-corrected chi connectivity index (χ4v) is 4.73. The van der Waals surface area contributed by atoms with E-state index in [2.05, 4.69) is 26.0 Å². The number of fused-ring (bicyclic) bond motifs is 1. The highest BCUT2D eigenvalue weighted by Gasteiger charge is 2.51. The zero-order chi connectivity index (χ0) is 17.4. The summed E-state index contributed by atoms with van der Waals surface area (Å²) in [7, 11) is 0. The van der Waals surface area contributed by atoms with Crippen LogP contribution in [0.1, 0.15) is 60.3 Å². The van der Waals surface area contributed by atoms with E-state index in [1.54, 1.807) is 0 Å². The van der Waals surface area contributed by atoms with Crippen LogP contribution in [0.15, 0.2) is 23.8 Å². The van der Waals surface area contributed by atoms with Crippen LogP contribution in [0.4, 0.5) is 0 Å². The molecule has 0 aliphatic heterocycles. The van der Waals surface area contributed by atoms with Gasteiger partial charge in [-0.3, -0.25) is 0 Å². The number of allylic oxidation sites excluding steroid dienone is 2. The molecule has 3 N–H and O–H groups in total. The topological polar surface area (TPSA) is 60.7 Å². The number of aliphatic hydroxyl groups is 3. The third-order valence-corrected chi connectivity index (χ3v) is 5.94. The molecule has 2 unspecified atom stereocenters. The third kappa shape index (κ3) is 4.26. The molecule has 0 saturated heterocycles. The first-order valence-electron chi connectivity index (χ1n) is 8.98. The minimum Gasteiger partial charge on any atom is -0.392 e. The van der Waals surface area contributed by atoms with Gasteiger partial charge in [-0.05, 0) is 69.6 Å². The Morgan fingerprint density at radius 3 is 2.52 bits per heavy atom. The minimum atomic E-state index is -0.791. The van der Waals surface area contributed by atoms with Crippen molar-refractivity contribution in [3.63, 3.8) is 0 Å². The fraction of sp³-hybridized carbons (Fsp3) is 0.800. The van der Waals surface area contributed by atoms with Crippen LogP contribution in [0.5, 0.6) is 0 Å². The number of aliphatic hydroxyl groups excluding tert-OH is 2. The largest absolute Gasteiger partial charge is 0.392 e. The standard InChI is InChI=1S/C20H34O3/c1-13-6-8-20(5)9-7-16(19(3,4)23)18(20)17(22)12-14(2)11-15(21)10-13/h6,8,11,13,15-18,21-23H,7,9-10,12H2,1-5H3/b8-6+,14-11+/t13-,15?,16+,17-,18?,20-/m0/s1. The maximum atomic E-state index is 10.9. The van der Waals surface area contributed by atoms with Crippen molar-refractivity contribution in [2.24, 2.45) is 23.2 Å². The van der Waals surface area contributed by atoms with Crippen LogP contribution in [0.25, 0.3) is 0 Å². The van der Waals surface area contributed by atoms with Gasteiger partial charge in [-0.15, -0.1) is 0 Å². The van der Waals surface area contributed by atoms with Crippen molar-refractivity contribution in [2.75, 3.05) is 0 Å². The molecular formula is C20H34O3. The van der Waals surface area contributed by atoms with Crippen LogP contribution in [0.2, 0.25) is 0 Å². The van der Waals surface area contributed by atoms with Crippen molar-refractivity contribution in [2.45, 2.75) is 78.1 Å². The van der Waals surface area contributed by atoms with E-state index in [0.29, 0.717) is 18.8 Å². The lowest BCUT2D eigenvalue weighted by Crippen LogP contribution is -2.43. The summed E-state index contributed by atoms with van der Waals surface area (Å²) in [5, 5.41) is 31.7. The Balaban J connectivity index is 2.41. The van der Waals surface area contributed by atoms with Gasteiger partial charge in [-0.1, -0.05) is 37.6 Å². The second-order valence-corrected chi connectivity index (χ2v) is 8.75. The zero-order valence-electron chi connectivity index (χ0n) is 15.3. The molecule has 132 valence electrons. The lowest BCUT2D eigenvalue weighted by atomic mass is 9.68. The van der Waals surface area contributed by atoms with Crippen molar-refractivity contribution >= 4 is 0 Å². The summed E-state index contributed by atoms with van der Waals surface area (Å²) >= 11 is 0. The van der Waals surface area contributed by atoms with Gasteiger partial charge in [-0.25, -0.2) is 0 Å². The maximum absolute atomic E-state index is 10.9. The minimum absolute atomic E-state index is 0.0320. The van der Waals surface area contributed by atoms with Crippen molar-refractivity contribution in [3.05, 3.63) is 23.8 Å². The molecule has 6 atom stereocenters. The predicted molar refractivity (Wildman–Crippen MR) is 93.9 cm³/mol. The first-order valence-corrected chi connectivity index (χ1v) is 8.98. The molecule has 0 heterocycles. The molecule has 1 fully saturated rings. The highest BCUT2D eigenvalue weighted by atomic mass is 16.3. The van der Waals surface area contributed by atoms with Crippen LogP contribution in [-0.4, -0.2) is 33.1 Å². The van der Waals surface area contributed by atoms with E-state index < -0.39 is 17.8 Å². The summed E-state index contributed by atoms with van der Waals surface area (Å²) in [6, 6.07) is 0. The smallest absolute Gasteiger partial charge is 0.0728 e. The van der Waals surface area contributed by atoms with Crippen LogP contribution >= 0.6 is 0 Å². The molecule has 2 aliphatic carbocycles. The van der Waals surface area contributed by atoms with Crippen molar-refractivity contribution in [3.8, 4) is 0 Å². The van der Waals surface area contributed by atoms with Gasteiger partial charge in [0.1, 0.15) is 0 Å². The lowest BCUT2D eigenvalue weighted by Gasteiger charge is -2.40. The maximum Gasteiger partial charge on any atom is 0.0728 e. The Hall–Kier alpha value is -0.640. The molecular weight excluding hydrogens is 288 g/mol. The van der Waals surface area contributed by atoms with Crippen molar-refractivity contribution < 1.29 is 15.3 Å². The highest BCUT2D eigenvalue weighted by molar-refractivity contribution is 5.15. The van der Waals surface area contributed by atoms with Crippen LogP contribution < -0.4 is 0 Å². The molecule has 23 heavy (non-hydrogen) atoms. The normalized spacial score (nSPS) is 46.4. The van der Waals surface area contributed by atoms with Gasteiger partial charge >= 0.3 is 0 Å². The molecule has 3 nitrogen and oxygen atoms in total. The first-order chi connectivity index (χ1) is 10.5. The summed E-state index contributed by atoms with van der Waals surface area (Å²) in [6.07, 6.45) is 8.53. The highest BCUT2D eigenvalue weighted by Crippen LogP contribution is 2.54. The Kier molecular flexibility index (Phi) is 5.44. The number of hydrogen-bond donors (Lipinski definition) is 3. The van der Waals surface area contributed by atoms with Gasteiger partial charge in [0, 0.05) is 0 Å². The second-order valence-electron chi connectivity index (χ2n) is 8.75. The van der Waals surface area contributed by atoms with E-state index >= 15 is 0 Å². The molecule has 0 aromatic rings. The van der Waals surface area contributed by atoms with Gasteiger partial charge in [0.2, 0.25) is 0 Å². The van der Waals surface area contributed by atoms with Gasteiger partial charge in [0.05, 0.1) is 17.8 Å². The summed E-state index contributed by atoms with van der Waals surface area (Å²) in [5.74, 6) is 0.411. The second kappa shape index (κ2) is 6.70. The van der Waals surface area contributed by atoms with Crippen LogP contribution in [-0.2, 0) is 0 Å². The van der Waals surface area contributed by atoms with Gasteiger partial charge in [-0.2, -0.15) is 0 Å². The zero-order valence-corrected chi connectivity index (χ0v) is 15.3. The summed E-state index contributed by atoms with van der Waals surface area (Å²) < 4.78 is 0. The van der Waals surface area contributed by atoms with E-state index in [0.717, 1.165) is 18.4 Å². The first kappa shape index (κ1) is 18.7. The van der Waals surface area contributed by atoms with Crippen molar-refractivity contribution in [1.82, 2.24) is 0 Å². The quantitative estimate of drug-likeness (QED) is 0.648. The Labute approximate surface area is 141 Å². The van der Waals surface area contributed by atoms with Gasteiger partial charge in [0.25, 0.3) is 0 Å². The van der Waals surface area contributed by atoms with E-state index in [1.165, 1.54) is 0 Å². The average Bonchev–Trinajstić information content (AvgIpc) is 2.73. The van der Waals surface area contributed by atoms with E-state index in [1.807, 2.05) is 26.8 Å². The van der Waals surface area contributed by atoms with Crippen LogP contribution in [0, 0.1) is 23.2 Å².